The summed E-state index contributed by atoms with van der Waals surface area (Å²) >= 11 is 6.26. The molecule has 1 heterocycles. The lowest BCUT2D eigenvalue weighted by Gasteiger charge is -2.07. The van der Waals surface area contributed by atoms with Crippen LogP contribution < -0.4 is 4.74 Å². The summed E-state index contributed by atoms with van der Waals surface area (Å²) in [6, 6.07) is 7.97. The SMILES string of the molecule is CCc1nn(C)c(COc2ccc(C)cc2)c1Cl. The van der Waals surface area contributed by atoms with Crippen LogP contribution in [-0.4, -0.2) is 9.78 Å². The molecular formula is C14H17ClN2O. The molecule has 2 aromatic rings. The fourth-order valence-electron chi connectivity index (χ4n) is 1.76. The molecule has 96 valence electrons. The Hall–Kier alpha value is -1.48. The average Bonchev–Trinajstić information content (AvgIpc) is 2.64. The van der Waals surface area contributed by atoms with Crippen molar-refractivity contribution in [1.29, 1.82) is 0 Å². The summed E-state index contributed by atoms with van der Waals surface area (Å²) in [5, 5.41) is 5.07. The first kappa shape index (κ1) is 13.0. The quantitative estimate of drug-likeness (QED) is 0.845. The molecular weight excluding hydrogens is 248 g/mol. The minimum absolute atomic E-state index is 0.436. The van der Waals surface area contributed by atoms with E-state index in [1.807, 2.05) is 38.2 Å². The standard InChI is InChI=1S/C14H17ClN2O/c1-4-12-14(15)13(17(3)16-12)9-18-11-7-5-10(2)6-8-11/h5-8H,4,9H2,1-3H3. The van der Waals surface area contributed by atoms with Crippen LogP contribution in [0.1, 0.15) is 23.9 Å². The second-order valence-corrected chi connectivity index (χ2v) is 4.66. The van der Waals surface area contributed by atoms with Gasteiger partial charge in [-0.05, 0) is 25.5 Å². The molecule has 0 spiro atoms. The monoisotopic (exact) mass is 264 g/mol. The lowest BCUT2D eigenvalue weighted by atomic mass is 10.2. The fourth-order valence-corrected chi connectivity index (χ4v) is 2.11. The number of hydrogen-bond acceptors (Lipinski definition) is 2. The third-order valence-electron chi connectivity index (χ3n) is 2.90. The van der Waals surface area contributed by atoms with Crippen molar-refractivity contribution in [2.75, 3.05) is 0 Å². The summed E-state index contributed by atoms with van der Waals surface area (Å²) < 4.78 is 7.51. The van der Waals surface area contributed by atoms with Gasteiger partial charge in [0.1, 0.15) is 12.4 Å². The van der Waals surface area contributed by atoms with Gasteiger partial charge >= 0.3 is 0 Å². The molecule has 0 saturated heterocycles. The van der Waals surface area contributed by atoms with Crippen LogP contribution in [0.25, 0.3) is 0 Å². The summed E-state index contributed by atoms with van der Waals surface area (Å²) in [5.74, 6) is 0.843. The molecule has 0 radical (unpaired) electrons. The van der Waals surface area contributed by atoms with Crippen LogP contribution in [0.5, 0.6) is 5.75 Å². The summed E-state index contributed by atoms with van der Waals surface area (Å²) in [5.41, 5.74) is 3.05. The van der Waals surface area contributed by atoms with Crippen molar-refractivity contribution in [3.63, 3.8) is 0 Å². The van der Waals surface area contributed by atoms with Gasteiger partial charge in [0.2, 0.25) is 0 Å². The van der Waals surface area contributed by atoms with Crippen molar-refractivity contribution < 1.29 is 4.74 Å². The minimum Gasteiger partial charge on any atom is -0.487 e. The number of rotatable bonds is 4. The number of ether oxygens (including phenoxy) is 1. The van der Waals surface area contributed by atoms with Gasteiger partial charge in [-0.3, -0.25) is 4.68 Å². The molecule has 1 aromatic carbocycles. The Morgan fingerprint density at radius 3 is 2.50 bits per heavy atom. The Morgan fingerprint density at radius 2 is 1.94 bits per heavy atom. The predicted octanol–water partition coefficient (Wildman–Crippen LogP) is 3.52. The molecule has 0 aliphatic heterocycles. The summed E-state index contributed by atoms with van der Waals surface area (Å²) in [6.45, 7) is 4.53. The molecule has 2 rings (SSSR count). The van der Waals surface area contributed by atoms with Crippen molar-refractivity contribution in [2.45, 2.75) is 26.9 Å². The molecule has 0 aliphatic rings. The Balaban J connectivity index is 2.10. The van der Waals surface area contributed by atoms with Crippen molar-refractivity contribution >= 4 is 11.6 Å². The van der Waals surface area contributed by atoms with Gasteiger partial charge in [-0.2, -0.15) is 5.10 Å². The van der Waals surface area contributed by atoms with Gasteiger partial charge in [-0.1, -0.05) is 36.2 Å². The van der Waals surface area contributed by atoms with Gasteiger partial charge in [0, 0.05) is 7.05 Å². The molecule has 0 fully saturated rings. The van der Waals surface area contributed by atoms with E-state index in [-0.39, 0.29) is 0 Å². The second-order valence-electron chi connectivity index (χ2n) is 4.29. The normalized spacial score (nSPS) is 10.7. The van der Waals surface area contributed by atoms with Gasteiger partial charge in [0.05, 0.1) is 16.4 Å². The summed E-state index contributed by atoms with van der Waals surface area (Å²) in [4.78, 5) is 0. The molecule has 0 N–H and O–H groups in total. The number of hydrogen-bond donors (Lipinski definition) is 0. The zero-order valence-electron chi connectivity index (χ0n) is 10.9. The van der Waals surface area contributed by atoms with E-state index in [2.05, 4.69) is 12.0 Å². The molecule has 3 nitrogen and oxygen atoms in total. The van der Waals surface area contributed by atoms with Crippen LogP contribution >= 0.6 is 11.6 Å². The Kier molecular flexibility index (Phi) is 3.92. The average molecular weight is 265 g/mol. The van der Waals surface area contributed by atoms with Crippen LogP contribution in [0, 0.1) is 6.92 Å². The molecule has 0 amide bonds. The summed E-state index contributed by atoms with van der Waals surface area (Å²) in [7, 11) is 1.89. The third kappa shape index (κ3) is 2.67. The maximum absolute atomic E-state index is 6.26. The third-order valence-corrected chi connectivity index (χ3v) is 3.34. The highest BCUT2D eigenvalue weighted by Crippen LogP contribution is 2.22. The van der Waals surface area contributed by atoms with Crippen LogP contribution in [0.2, 0.25) is 5.02 Å². The lowest BCUT2D eigenvalue weighted by molar-refractivity contribution is 0.295. The maximum Gasteiger partial charge on any atom is 0.131 e. The highest BCUT2D eigenvalue weighted by molar-refractivity contribution is 6.31. The maximum atomic E-state index is 6.26. The van der Waals surface area contributed by atoms with E-state index in [1.165, 1.54) is 5.56 Å². The second kappa shape index (κ2) is 5.44. The minimum atomic E-state index is 0.436. The topological polar surface area (TPSA) is 27.1 Å². The van der Waals surface area contributed by atoms with Gasteiger partial charge in [-0.15, -0.1) is 0 Å². The van der Waals surface area contributed by atoms with Crippen molar-refractivity contribution in [3.8, 4) is 5.75 Å². The van der Waals surface area contributed by atoms with Crippen molar-refractivity contribution in [3.05, 3.63) is 46.2 Å². The fraction of sp³-hybridized carbons (Fsp3) is 0.357. The smallest absolute Gasteiger partial charge is 0.131 e. The Labute approximate surface area is 112 Å². The first-order valence-corrected chi connectivity index (χ1v) is 6.39. The summed E-state index contributed by atoms with van der Waals surface area (Å²) in [6.07, 6.45) is 0.831. The van der Waals surface area contributed by atoms with Gasteiger partial charge in [0.25, 0.3) is 0 Å². The zero-order chi connectivity index (χ0) is 13.1. The molecule has 18 heavy (non-hydrogen) atoms. The van der Waals surface area contributed by atoms with E-state index in [0.717, 1.165) is 23.6 Å². The Bertz CT molecular complexity index is 531. The number of benzene rings is 1. The number of nitrogens with zero attached hydrogens (tertiary/aromatic N) is 2. The van der Waals surface area contributed by atoms with E-state index < -0.39 is 0 Å². The predicted molar refractivity (Wildman–Crippen MR) is 73.1 cm³/mol. The molecule has 0 aliphatic carbocycles. The van der Waals surface area contributed by atoms with Crippen LogP contribution in [0.15, 0.2) is 24.3 Å². The first-order chi connectivity index (χ1) is 8.61. The van der Waals surface area contributed by atoms with E-state index in [4.69, 9.17) is 16.3 Å². The van der Waals surface area contributed by atoms with E-state index in [1.54, 1.807) is 4.68 Å². The molecule has 0 unspecified atom stereocenters. The number of aryl methyl sites for hydroxylation is 3. The van der Waals surface area contributed by atoms with Crippen molar-refractivity contribution in [2.24, 2.45) is 7.05 Å². The highest BCUT2D eigenvalue weighted by atomic mass is 35.5. The van der Waals surface area contributed by atoms with Crippen LogP contribution in [0.3, 0.4) is 0 Å². The molecule has 0 atom stereocenters. The molecule has 0 bridgehead atoms. The van der Waals surface area contributed by atoms with E-state index in [0.29, 0.717) is 11.6 Å². The van der Waals surface area contributed by atoms with Crippen molar-refractivity contribution in [1.82, 2.24) is 9.78 Å². The van der Waals surface area contributed by atoms with Gasteiger partial charge < -0.3 is 4.74 Å². The van der Waals surface area contributed by atoms with E-state index >= 15 is 0 Å². The molecule has 1 aromatic heterocycles. The Morgan fingerprint density at radius 1 is 1.28 bits per heavy atom. The van der Waals surface area contributed by atoms with Crippen LogP contribution in [-0.2, 0) is 20.1 Å². The van der Waals surface area contributed by atoms with Gasteiger partial charge in [-0.25, -0.2) is 0 Å². The molecule has 0 saturated carbocycles. The molecule has 4 heteroatoms. The first-order valence-electron chi connectivity index (χ1n) is 6.01. The zero-order valence-corrected chi connectivity index (χ0v) is 11.7. The highest BCUT2D eigenvalue weighted by Gasteiger charge is 2.13. The lowest BCUT2D eigenvalue weighted by Crippen LogP contribution is -2.03. The van der Waals surface area contributed by atoms with Crippen LogP contribution in [0.4, 0.5) is 0 Å². The largest absolute Gasteiger partial charge is 0.487 e. The number of aromatic nitrogens is 2. The van der Waals surface area contributed by atoms with Gasteiger partial charge in [0.15, 0.2) is 0 Å². The van der Waals surface area contributed by atoms with E-state index in [9.17, 15) is 0 Å². The number of halogens is 1.